The lowest BCUT2D eigenvalue weighted by Gasteiger charge is -2.20. The number of halogens is 2. The Morgan fingerprint density at radius 3 is 2.65 bits per heavy atom. The highest BCUT2D eigenvalue weighted by atomic mass is 35.5. The smallest absolute Gasteiger partial charge is 0.411 e. The Morgan fingerprint density at radius 1 is 1.18 bits per heavy atom. The van der Waals surface area contributed by atoms with E-state index in [1.165, 1.54) is 17.9 Å². The quantitative estimate of drug-likeness (QED) is 0.205. The largest absolute Gasteiger partial charge is 0.618 e. The highest BCUT2D eigenvalue weighted by molar-refractivity contribution is 6.31. The van der Waals surface area contributed by atoms with Gasteiger partial charge in [0.25, 0.3) is 0 Å². The Labute approximate surface area is 237 Å². The second kappa shape index (κ2) is 9.63. The van der Waals surface area contributed by atoms with E-state index >= 15 is 0 Å². The van der Waals surface area contributed by atoms with Crippen LogP contribution in [0.5, 0.6) is 0 Å². The first-order valence-corrected chi connectivity index (χ1v) is 12.9. The van der Waals surface area contributed by atoms with Crippen molar-refractivity contribution in [2.45, 2.75) is 18.4 Å². The van der Waals surface area contributed by atoms with Crippen LogP contribution >= 0.6 is 23.2 Å². The number of aryl methyl sites for hydroxylation is 1. The number of amides is 1. The SMILES string of the molecule is CN(C(=O)O)c1ccc(-c2cnc([C@]3(O)CCc4cc(-c5cc(Cl)ccc5-n5cc(Cl)nn5)c[n+]([O-])c43)[nH]2)cc1. The number of anilines is 1. The minimum Gasteiger partial charge on any atom is -0.618 e. The van der Waals surface area contributed by atoms with E-state index in [1.807, 2.05) is 6.07 Å². The molecule has 0 radical (unpaired) electrons. The summed E-state index contributed by atoms with van der Waals surface area (Å²) in [5.74, 6) is 0.242. The third-order valence-electron chi connectivity index (χ3n) is 7.06. The van der Waals surface area contributed by atoms with Crippen molar-refractivity contribution in [1.82, 2.24) is 25.0 Å². The highest BCUT2D eigenvalue weighted by Gasteiger charge is 2.48. The number of aromatic amines is 1. The number of carboxylic acid groups (broad SMARTS) is 1. The van der Waals surface area contributed by atoms with Gasteiger partial charge in [-0.05, 0) is 54.8 Å². The molecule has 1 aliphatic rings. The van der Waals surface area contributed by atoms with Crippen LogP contribution in [0.2, 0.25) is 10.2 Å². The van der Waals surface area contributed by atoms with E-state index in [4.69, 9.17) is 23.2 Å². The fourth-order valence-electron chi connectivity index (χ4n) is 5.03. The molecule has 13 heteroatoms. The van der Waals surface area contributed by atoms with E-state index in [0.717, 1.165) is 10.5 Å². The molecule has 0 bridgehead atoms. The van der Waals surface area contributed by atoms with Crippen molar-refractivity contribution in [3.05, 3.63) is 99.6 Å². The van der Waals surface area contributed by atoms with Crippen molar-refractivity contribution < 1.29 is 19.7 Å². The third-order valence-corrected chi connectivity index (χ3v) is 7.47. The van der Waals surface area contributed by atoms with E-state index in [9.17, 15) is 20.2 Å². The van der Waals surface area contributed by atoms with E-state index in [-0.39, 0.29) is 23.1 Å². The molecule has 1 atom stereocenters. The minimum absolute atomic E-state index is 0.197. The molecule has 0 spiro atoms. The molecule has 40 heavy (non-hydrogen) atoms. The Bertz CT molecular complexity index is 1770. The first kappa shape index (κ1) is 25.8. The number of benzene rings is 2. The van der Waals surface area contributed by atoms with Crippen molar-refractivity contribution in [3.63, 3.8) is 0 Å². The predicted molar refractivity (Wildman–Crippen MR) is 148 cm³/mol. The lowest BCUT2D eigenvalue weighted by atomic mass is 9.98. The summed E-state index contributed by atoms with van der Waals surface area (Å²) >= 11 is 12.3. The van der Waals surface area contributed by atoms with E-state index in [2.05, 4.69) is 20.3 Å². The molecule has 3 heterocycles. The molecule has 0 unspecified atom stereocenters. The summed E-state index contributed by atoms with van der Waals surface area (Å²) in [7, 11) is 1.46. The molecule has 202 valence electrons. The summed E-state index contributed by atoms with van der Waals surface area (Å²) in [6, 6.07) is 13.9. The van der Waals surface area contributed by atoms with Gasteiger partial charge in [-0.3, -0.25) is 4.90 Å². The van der Waals surface area contributed by atoms with Crippen molar-refractivity contribution >= 4 is 35.0 Å². The minimum atomic E-state index is -1.63. The topological polar surface area (TPSA) is 147 Å². The number of imidazole rings is 1. The maximum absolute atomic E-state index is 13.4. The Morgan fingerprint density at radius 2 is 1.95 bits per heavy atom. The molecule has 11 nitrogen and oxygen atoms in total. The van der Waals surface area contributed by atoms with Crippen LogP contribution in [-0.4, -0.2) is 48.3 Å². The Hall–Kier alpha value is -4.45. The molecule has 1 aliphatic carbocycles. The number of carbonyl (C=O) groups is 1. The number of fused-ring (bicyclic) bond motifs is 1. The molecule has 6 rings (SSSR count). The molecule has 1 amide bonds. The summed E-state index contributed by atoms with van der Waals surface area (Å²) < 4.78 is 2.18. The van der Waals surface area contributed by atoms with Crippen LogP contribution < -0.4 is 9.63 Å². The molecule has 0 saturated heterocycles. The molecular weight excluding hydrogens is 557 g/mol. The van der Waals surface area contributed by atoms with Gasteiger partial charge in [0.1, 0.15) is 5.82 Å². The van der Waals surface area contributed by atoms with Gasteiger partial charge in [-0.25, -0.2) is 14.5 Å². The van der Waals surface area contributed by atoms with Crippen molar-refractivity contribution in [3.8, 4) is 28.1 Å². The number of aromatic nitrogens is 6. The van der Waals surface area contributed by atoms with Gasteiger partial charge in [-0.2, -0.15) is 4.73 Å². The number of aliphatic hydroxyl groups is 1. The second-order valence-electron chi connectivity index (χ2n) is 9.47. The number of H-pyrrole nitrogens is 1. The predicted octanol–water partition coefficient (Wildman–Crippen LogP) is 4.56. The maximum Gasteiger partial charge on any atom is 0.411 e. The van der Waals surface area contributed by atoms with E-state index in [0.29, 0.717) is 49.9 Å². The van der Waals surface area contributed by atoms with Crippen LogP contribution in [-0.2, 0) is 12.0 Å². The normalized spacial score (nSPS) is 16.2. The zero-order valence-electron chi connectivity index (χ0n) is 20.9. The summed E-state index contributed by atoms with van der Waals surface area (Å²) in [6.07, 6.45) is 4.15. The van der Waals surface area contributed by atoms with Crippen molar-refractivity contribution in [2.24, 2.45) is 0 Å². The summed E-state index contributed by atoms with van der Waals surface area (Å²) in [5, 5.41) is 42.9. The van der Waals surface area contributed by atoms with Gasteiger partial charge in [-0.1, -0.05) is 40.5 Å². The van der Waals surface area contributed by atoms with E-state index < -0.39 is 11.7 Å². The molecule has 0 saturated carbocycles. The first-order chi connectivity index (χ1) is 19.1. The van der Waals surface area contributed by atoms with Crippen LogP contribution in [0.3, 0.4) is 0 Å². The molecule has 3 aromatic heterocycles. The van der Waals surface area contributed by atoms with Gasteiger partial charge in [-0.15, -0.1) is 5.10 Å². The number of hydrogen-bond donors (Lipinski definition) is 3. The molecule has 0 aliphatic heterocycles. The highest BCUT2D eigenvalue weighted by Crippen LogP contribution is 2.41. The first-order valence-electron chi connectivity index (χ1n) is 12.1. The lowest BCUT2D eigenvalue weighted by molar-refractivity contribution is -0.620. The Balaban J connectivity index is 1.35. The second-order valence-corrected chi connectivity index (χ2v) is 10.3. The van der Waals surface area contributed by atoms with Gasteiger partial charge >= 0.3 is 6.09 Å². The van der Waals surface area contributed by atoms with Crippen LogP contribution in [0.15, 0.2) is 67.1 Å². The summed E-state index contributed by atoms with van der Waals surface area (Å²) in [6.45, 7) is 0. The van der Waals surface area contributed by atoms with Gasteiger partial charge in [0.15, 0.2) is 11.3 Å². The summed E-state index contributed by atoms with van der Waals surface area (Å²) in [5.41, 5.74) is 2.99. The van der Waals surface area contributed by atoms with Crippen LogP contribution in [0.25, 0.3) is 28.1 Å². The van der Waals surface area contributed by atoms with E-state index in [1.54, 1.807) is 54.9 Å². The number of nitrogens with one attached hydrogen (secondary N) is 1. The lowest BCUT2D eigenvalue weighted by Crippen LogP contribution is -2.42. The van der Waals surface area contributed by atoms with Crippen LogP contribution in [0.1, 0.15) is 23.5 Å². The standard InChI is InChI=1S/C27H21Cl2N7O4/c1-34(26(37)38)19-5-2-15(3-6-19)21-12-30-25(31-21)27(39)9-8-16-10-17(13-36(40)24(16)27)20-11-18(28)4-7-22(20)35-14-23(29)32-33-35/h2-7,10-14,39H,8-9H2,1H3,(H,30,31)(H,37,38)/t27-/m0/s1. The number of pyridine rings is 1. The zero-order chi connectivity index (χ0) is 28.2. The fourth-order valence-corrected chi connectivity index (χ4v) is 5.33. The van der Waals surface area contributed by atoms with Gasteiger partial charge in [0, 0.05) is 34.4 Å². The van der Waals surface area contributed by atoms with Gasteiger partial charge in [0.2, 0.25) is 11.3 Å². The zero-order valence-corrected chi connectivity index (χ0v) is 22.4. The average molecular weight is 578 g/mol. The summed E-state index contributed by atoms with van der Waals surface area (Å²) in [4.78, 5) is 19.9. The number of hydrogen-bond acceptors (Lipinski definition) is 6. The fraction of sp³-hybridized carbons (Fsp3) is 0.148. The molecule has 5 aromatic rings. The molecule has 3 N–H and O–H groups in total. The third kappa shape index (κ3) is 4.34. The van der Waals surface area contributed by atoms with Gasteiger partial charge < -0.3 is 20.4 Å². The maximum atomic E-state index is 13.4. The van der Waals surface area contributed by atoms with Gasteiger partial charge in [0.05, 0.1) is 23.8 Å². The molecular formula is C27H21Cl2N7O4. The van der Waals surface area contributed by atoms with Crippen molar-refractivity contribution in [1.29, 1.82) is 0 Å². The molecule has 2 aromatic carbocycles. The van der Waals surface area contributed by atoms with Crippen LogP contribution in [0.4, 0.5) is 10.5 Å². The molecule has 0 fully saturated rings. The van der Waals surface area contributed by atoms with Crippen LogP contribution in [0, 0.1) is 5.21 Å². The monoisotopic (exact) mass is 577 g/mol. The average Bonchev–Trinajstić information content (AvgIpc) is 3.68. The van der Waals surface area contributed by atoms with Crippen molar-refractivity contribution in [2.75, 3.05) is 11.9 Å². The Kier molecular flexibility index (Phi) is 6.21. The number of nitrogens with zero attached hydrogens (tertiary/aromatic N) is 6. The number of rotatable bonds is 5.